The number of benzene rings is 1. The lowest BCUT2D eigenvalue weighted by atomic mass is 10.1. The Morgan fingerprint density at radius 1 is 1.44 bits per heavy atom. The molecule has 0 atom stereocenters. The first-order valence-electron chi connectivity index (χ1n) is 5.19. The van der Waals surface area contributed by atoms with Crippen LogP contribution in [0.25, 0.3) is 0 Å². The van der Waals surface area contributed by atoms with Gasteiger partial charge in [0.05, 0.1) is 11.3 Å². The zero-order valence-electron chi connectivity index (χ0n) is 10.2. The molecule has 5 nitrogen and oxygen atoms in total. The van der Waals surface area contributed by atoms with E-state index in [9.17, 15) is 13.2 Å². The molecule has 0 heterocycles. The Balaban J connectivity index is 2.80. The molecule has 1 aromatic carbocycles. The minimum Gasteiger partial charge on any atom is -0.398 e. The summed E-state index contributed by atoms with van der Waals surface area (Å²) in [6, 6.07) is 4.58. The highest BCUT2D eigenvalue weighted by Crippen LogP contribution is 2.19. The van der Waals surface area contributed by atoms with Crippen molar-refractivity contribution in [2.24, 2.45) is 0 Å². The third-order valence-corrected chi connectivity index (χ3v) is 3.55. The van der Waals surface area contributed by atoms with Gasteiger partial charge in [-0.1, -0.05) is 11.6 Å². The summed E-state index contributed by atoms with van der Waals surface area (Å²) >= 11 is 5.74. The predicted molar refractivity (Wildman–Crippen MR) is 72.5 cm³/mol. The van der Waals surface area contributed by atoms with Gasteiger partial charge in [0.1, 0.15) is 9.84 Å². The van der Waals surface area contributed by atoms with Crippen LogP contribution in [-0.4, -0.2) is 44.8 Å². The maximum Gasteiger partial charge on any atom is 0.255 e. The van der Waals surface area contributed by atoms with Gasteiger partial charge >= 0.3 is 0 Å². The largest absolute Gasteiger partial charge is 0.398 e. The van der Waals surface area contributed by atoms with Crippen LogP contribution in [0.2, 0.25) is 5.02 Å². The summed E-state index contributed by atoms with van der Waals surface area (Å²) in [7, 11) is -1.57. The van der Waals surface area contributed by atoms with E-state index < -0.39 is 9.84 Å². The molecule has 0 saturated carbocycles. The Morgan fingerprint density at radius 2 is 2.06 bits per heavy atom. The van der Waals surface area contributed by atoms with Gasteiger partial charge in [0.2, 0.25) is 0 Å². The van der Waals surface area contributed by atoms with Crippen molar-refractivity contribution in [3.8, 4) is 0 Å². The highest BCUT2D eigenvalue weighted by atomic mass is 35.5. The average molecular weight is 291 g/mol. The number of sulfone groups is 1. The number of carbonyl (C=O) groups is 1. The van der Waals surface area contributed by atoms with Crippen LogP contribution in [0, 0.1) is 0 Å². The summed E-state index contributed by atoms with van der Waals surface area (Å²) in [5.41, 5.74) is 6.28. The number of nitrogens with zero attached hydrogens (tertiary/aromatic N) is 1. The molecule has 0 fully saturated rings. The van der Waals surface area contributed by atoms with Gasteiger partial charge in [-0.15, -0.1) is 0 Å². The molecule has 0 radical (unpaired) electrons. The van der Waals surface area contributed by atoms with E-state index in [1.807, 2.05) is 0 Å². The van der Waals surface area contributed by atoms with E-state index in [2.05, 4.69) is 0 Å². The van der Waals surface area contributed by atoms with Crippen LogP contribution < -0.4 is 5.73 Å². The summed E-state index contributed by atoms with van der Waals surface area (Å²) < 4.78 is 22.1. The molecule has 0 unspecified atom stereocenters. The van der Waals surface area contributed by atoms with E-state index >= 15 is 0 Å². The summed E-state index contributed by atoms with van der Waals surface area (Å²) in [4.78, 5) is 13.3. The molecule has 0 saturated heterocycles. The number of anilines is 1. The Bertz CT molecular complexity index is 557. The molecule has 0 aromatic heterocycles. The van der Waals surface area contributed by atoms with E-state index in [1.54, 1.807) is 6.07 Å². The number of hydrogen-bond donors (Lipinski definition) is 1. The number of rotatable bonds is 4. The first-order chi connectivity index (χ1) is 8.20. The maximum atomic E-state index is 12.0. The molecular formula is C11H15ClN2O3S. The first-order valence-corrected chi connectivity index (χ1v) is 7.63. The second-order valence-electron chi connectivity index (χ2n) is 4.09. The number of hydrogen-bond acceptors (Lipinski definition) is 4. The number of carbonyl (C=O) groups excluding carboxylic acids is 1. The number of nitrogens with two attached hydrogens (primary N) is 1. The predicted octanol–water partition coefficient (Wildman–Crippen LogP) is 1.04. The SMILES string of the molecule is CN(CCS(C)(=O)=O)C(=O)c1ccc(Cl)cc1N. The molecule has 7 heteroatoms. The lowest BCUT2D eigenvalue weighted by molar-refractivity contribution is 0.0804. The lowest BCUT2D eigenvalue weighted by Gasteiger charge is -2.17. The van der Waals surface area contributed by atoms with Gasteiger partial charge in [-0.25, -0.2) is 8.42 Å². The fourth-order valence-corrected chi connectivity index (χ4v) is 2.12. The van der Waals surface area contributed by atoms with Gasteiger partial charge < -0.3 is 10.6 Å². The standard InChI is InChI=1S/C11H15ClN2O3S/c1-14(5-6-18(2,16)17)11(15)9-4-3-8(12)7-10(9)13/h3-4,7H,5-6,13H2,1-2H3. The van der Waals surface area contributed by atoms with Crippen molar-refractivity contribution in [1.82, 2.24) is 4.90 Å². The highest BCUT2D eigenvalue weighted by molar-refractivity contribution is 7.90. The quantitative estimate of drug-likeness (QED) is 0.840. The summed E-state index contributed by atoms with van der Waals surface area (Å²) in [6.45, 7) is 0.125. The second kappa shape index (κ2) is 5.58. The van der Waals surface area contributed by atoms with E-state index in [-0.39, 0.29) is 23.9 Å². The Kier molecular flexibility index (Phi) is 4.59. The van der Waals surface area contributed by atoms with E-state index in [4.69, 9.17) is 17.3 Å². The molecule has 1 aromatic rings. The molecule has 0 aliphatic carbocycles. The van der Waals surface area contributed by atoms with Gasteiger partial charge in [0, 0.05) is 30.6 Å². The summed E-state index contributed by atoms with van der Waals surface area (Å²) in [5.74, 6) is -0.407. The maximum absolute atomic E-state index is 12.0. The molecule has 0 aliphatic rings. The van der Waals surface area contributed by atoms with Gasteiger partial charge in [-0.2, -0.15) is 0 Å². The number of amides is 1. The minimum absolute atomic E-state index is 0.0806. The summed E-state index contributed by atoms with van der Waals surface area (Å²) in [5, 5.41) is 0.447. The lowest BCUT2D eigenvalue weighted by Crippen LogP contribution is -2.31. The normalized spacial score (nSPS) is 11.3. The summed E-state index contributed by atoms with van der Waals surface area (Å²) in [6.07, 6.45) is 1.13. The van der Waals surface area contributed by atoms with Crippen LogP contribution in [0.1, 0.15) is 10.4 Å². The van der Waals surface area contributed by atoms with Crippen LogP contribution >= 0.6 is 11.6 Å². The molecule has 1 rings (SSSR count). The highest BCUT2D eigenvalue weighted by Gasteiger charge is 2.16. The van der Waals surface area contributed by atoms with Crippen LogP contribution in [0.4, 0.5) is 5.69 Å². The van der Waals surface area contributed by atoms with Crippen molar-refractivity contribution in [3.05, 3.63) is 28.8 Å². The smallest absolute Gasteiger partial charge is 0.255 e. The fourth-order valence-electron chi connectivity index (χ4n) is 1.34. The van der Waals surface area contributed by atoms with Crippen molar-refractivity contribution in [2.75, 3.05) is 31.3 Å². The molecule has 0 aliphatic heterocycles. The van der Waals surface area contributed by atoms with E-state index in [0.717, 1.165) is 6.26 Å². The van der Waals surface area contributed by atoms with Crippen molar-refractivity contribution in [2.45, 2.75) is 0 Å². The Labute approximate surface area is 111 Å². The van der Waals surface area contributed by atoms with Crippen LogP contribution in [0.5, 0.6) is 0 Å². The van der Waals surface area contributed by atoms with Gasteiger partial charge in [-0.05, 0) is 18.2 Å². The molecule has 2 N–H and O–H groups in total. The molecule has 0 bridgehead atoms. The zero-order chi connectivity index (χ0) is 13.9. The molecular weight excluding hydrogens is 276 g/mol. The fraction of sp³-hybridized carbons (Fsp3) is 0.364. The minimum atomic E-state index is -3.10. The first kappa shape index (κ1) is 14.8. The Morgan fingerprint density at radius 3 is 2.56 bits per heavy atom. The topological polar surface area (TPSA) is 80.5 Å². The van der Waals surface area contributed by atoms with Crippen LogP contribution in [0.3, 0.4) is 0 Å². The van der Waals surface area contributed by atoms with Crippen molar-refractivity contribution < 1.29 is 13.2 Å². The van der Waals surface area contributed by atoms with Crippen LogP contribution in [0.15, 0.2) is 18.2 Å². The van der Waals surface area contributed by atoms with E-state index in [1.165, 1.54) is 24.1 Å². The number of nitrogen functional groups attached to an aromatic ring is 1. The monoisotopic (exact) mass is 290 g/mol. The van der Waals surface area contributed by atoms with Crippen molar-refractivity contribution >= 4 is 33.0 Å². The van der Waals surface area contributed by atoms with Gasteiger partial charge in [-0.3, -0.25) is 4.79 Å². The van der Waals surface area contributed by atoms with Crippen molar-refractivity contribution in [1.29, 1.82) is 0 Å². The molecule has 100 valence electrons. The van der Waals surface area contributed by atoms with Gasteiger partial charge in [0.25, 0.3) is 5.91 Å². The molecule has 18 heavy (non-hydrogen) atoms. The number of halogens is 1. The Hall–Kier alpha value is -1.27. The molecule has 1 amide bonds. The zero-order valence-corrected chi connectivity index (χ0v) is 11.8. The van der Waals surface area contributed by atoms with Gasteiger partial charge in [0.15, 0.2) is 0 Å². The molecule has 0 spiro atoms. The van der Waals surface area contributed by atoms with Crippen molar-refractivity contribution in [3.63, 3.8) is 0 Å². The third kappa shape index (κ3) is 4.19. The third-order valence-electron chi connectivity index (χ3n) is 2.39. The average Bonchev–Trinajstić information content (AvgIpc) is 2.24. The second-order valence-corrected chi connectivity index (χ2v) is 6.78. The van der Waals surface area contributed by atoms with Crippen LogP contribution in [-0.2, 0) is 9.84 Å². The van der Waals surface area contributed by atoms with E-state index in [0.29, 0.717) is 10.6 Å².